The summed E-state index contributed by atoms with van der Waals surface area (Å²) in [6.07, 6.45) is -0.122. The Hall–Kier alpha value is -1.55. The van der Waals surface area contributed by atoms with Crippen molar-refractivity contribution in [2.75, 3.05) is 0 Å². The molecule has 94 valence electrons. The van der Waals surface area contributed by atoms with E-state index in [1.807, 2.05) is 31.2 Å². The van der Waals surface area contributed by atoms with E-state index in [1.165, 1.54) is 0 Å². The number of rotatable bonds is 5. The summed E-state index contributed by atoms with van der Waals surface area (Å²) < 4.78 is 5.53. The highest BCUT2D eigenvalue weighted by atomic mass is 16.5. The molecule has 0 aromatic heterocycles. The SMILES string of the molecule is C/C(Cc1ccc(OC(C)C(C)O)cc1)=N\O. The Balaban J connectivity index is 2.62. The van der Waals surface area contributed by atoms with Crippen LogP contribution in [0.1, 0.15) is 26.3 Å². The predicted octanol–water partition coefficient (Wildman–Crippen LogP) is 2.23. The molecule has 0 fully saturated rings. The van der Waals surface area contributed by atoms with Crippen LogP contribution < -0.4 is 4.74 Å². The molecular formula is C13H19NO3. The van der Waals surface area contributed by atoms with Crippen LogP contribution >= 0.6 is 0 Å². The molecule has 0 aliphatic carbocycles. The quantitative estimate of drug-likeness (QED) is 0.469. The van der Waals surface area contributed by atoms with Gasteiger partial charge in [-0.25, -0.2) is 0 Å². The number of nitrogens with zero attached hydrogens (tertiary/aromatic N) is 1. The Bertz CT molecular complexity index is 371. The fourth-order valence-corrected chi connectivity index (χ4v) is 1.33. The van der Waals surface area contributed by atoms with Crippen LogP contribution in [0, 0.1) is 0 Å². The van der Waals surface area contributed by atoms with Crippen molar-refractivity contribution in [2.45, 2.75) is 39.4 Å². The van der Waals surface area contributed by atoms with E-state index in [9.17, 15) is 5.11 Å². The van der Waals surface area contributed by atoms with Crippen LogP contribution in [0.5, 0.6) is 5.75 Å². The van der Waals surface area contributed by atoms with E-state index in [0.29, 0.717) is 12.1 Å². The number of hydrogen-bond acceptors (Lipinski definition) is 4. The van der Waals surface area contributed by atoms with Gasteiger partial charge in [0.1, 0.15) is 11.9 Å². The molecule has 0 heterocycles. The van der Waals surface area contributed by atoms with Crippen LogP contribution in [0.15, 0.2) is 29.4 Å². The topological polar surface area (TPSA) is 62.0 Å². The van der Waals surface area contributed by atoms with Crippen molar-refractivity contribution in [3.05, 3.63) is 29.8 Å². The molecular weight excluding hydrogens is 218 g/mol. The lowest BCUT2D eigenvalue weighted by Crippen LogP contribution is -2.25. The molecule has 0 amide bonds. The fraction of sp³-hybridized carbons (Fsp3) is 0.462. The Morgan fingerprint density at radius 3 is 2.35 bits per heavy atom. The smallest absolute Gasteiger partial charge is 0.121 e. The van der Waals surface area contributed by atoms with E-state index in [0.717, 1.165) is 11.3 Å². The van der Waals surface area contributed by atoms with Crippen LogP contribution in [-0.4, -0.2) is 28.2 Å². The Morgan fingerprint density at radius 2 is 1.88 bits per heavy atom. The van der Waals surface area contributed by atoms with Crippen LogP contribution in [0.2, 0.25) is 0 Å². The van der Waals surface area contributed by atoms with Gasteiger partial charge >= 0.3 is 0 Å². The van der Waals surface area contributed by atoms with Gasteiger partial charge in [0.15, 0.2) is 0 Å². The van der Waals surface area contributed by atoms with Gasteiger partial charge in [0.25, 0.3) is 0 Å². The number of benzene rings is 1. The molecule has 1 aromatic rings. The van der Waals surface area contributed by atoms with Crippen LogP contribution in [-0.2, 0) is 6.42 Å². The molecule has 17 heavy (non-hydrogen) atoms. The van der Waals surface area contributed by atoms with Gasteiger partial charge in [-0.15, -0.1) is 0 Å². The minimum atomic E-state index is -0.501. The summed E-state index contributed by atoms with van der Waals surface area (Å²) in [6.45, 7) is 5.28. The van der Waals surface area contributed by atoms with Crippen molar-refractivity contribution >= 4 is 5.71 Å². The number of ether oxygens (including phenoxy) is 1. The zero-order valence-corrected chi connectivity index (χ0v) is 10.4. The molecule has 0 saturated heterocycles. The standard InChI is InChI=1S/C13H19NO3/c1-9(14-16)8-12-4-6-13(7-5-12)17-11(3)10(2)15/h4-7,10-11,15-16H,8H2,1-3H3/b14-9+. The Kier molecular flexibility index (Phi) is 4.97. The summed E-state index contributed by atoms with van der Waals surface area (Å²) in [5, 5.41) is 21.0. The first-order valence-electron chi connectivity index (χ1n) is 5.64. The van der Waals surface area contributed by atoms with Gasteiger partial charge in [-0.2, -0.15) is 0 Å². The molecule has 0 radical (unpaired) electrons. The van der Waals surface area contributed by atoms with Gasteiger partial charge in [0.05, 0.1) is 11.8 Å². The lowest BCUT2D eigenvalue weighted by atomic mass is 10.1. The molecule has 0 spiro atoms. The summed E-state index contributed by atoms with van der Waals surface area (Å²) in [7, 11) is 0. The monoisotopic (exact) mass is 237 g/mol. The van der Waals surface area contributed by atoms with Gasteiger partial charge in [-0.05, 0) is 38.5 Å². The number of aliphatic hydroxyl groups is 1. The van der Waals surface area contributed by atoms with Crippen molar-refractivity contribution in [1.82, 2.24) is 0 Å². The third-order valence-electron chi connectivity index (χ3n) is 2.56. The molecule has 0 bridgehead atoms. The first-order chi connectivity index (χ1) is 8.02. The van der Waals surface area contributed by atoms with E-state index in [-0.39, 0.29) is 6.10 Å². The molecule has 4 nitrogen and oxygen atoms in total. The predicted molar refractivity (Wildman–Crippen MR) is 66.8 cm³/mol. The lowest BCUT2D eigenvalue weighted by molar-refractivity contribution is 0.0604. The molecule has 2 unspecified atom stereocenters. The molecule has 4 heteroatoms. The van der Waals surface area contributed by atoms with Gasteiger partial charge in [0.2, 0.25) is 0 Å². The number of aliphatic hydroxyl groups excluding tert-OH is 1. The number of hydrogen-bond donors (Lipinski definition) is 2. The fourth-order valence-electron chi connectivity index (χ4n) is 1.33. The molecule has 0 aliphatic rings. The summed E-state index contributed by atoms with van der Waals surface area (Å²) in [5.41, 5.74) is 1.72. The zero-order chi connectivity index (χ0) is 12.8. The van der Waals surface area contributed by atoms with Crippen molar-refractivity contribution in [3.63, 3.8) is 0 Å². The van der Waals surface area contributed by atoms with Crippen LogP contribution in [0.3, 0.4) is 0 Å². The second kappa shape index (κ2) is 6.25. The third-order valence-corrected chi connectivity index (χ3v) is 2.56. The average molecular weight is 237 g/mol. The highest BCUT2D eigenvalue weighted by molar-refractivity contribution is 5.83. The zero-order valence-electron chi connectivity index (χ0n) is 10.4. The maximum absolute atomic E-state index is 9.32. The van der Waals surface area contributed by atoms with E-state index >= 15 is 0 Å². The van der Waals surface area contributed by atoms with E-state index in [4.69, 9.17) is 9.94 Å². The third kappa shape index (κ3) is 4.44. The maximum atomic E-state index is 9.32. The Labute approximate surface area is 102 Å². The van der Waals surface area contributed by atoms with Gasteiger partial charge in [-0.3, -0.25) is 0 Å². The van der Waals surface area contributed by atoms with Crippen LogP contribution in [0.4, 0.5) is 0 Å². The highest BCUT2D eigenvalue weighted by Crippen LogP contribution is 2.15. The van der Waals surface area contributed by atoms with Gasteiger partial charge < -0.3 is 15.1 Å². The van der Waals surface area contributed by atoms with Crippen molar-refractivity contribution in [3.8, 4) is 5.75 Å². The summed E-state index contributed by atoms with van der Waals surface area (Å²) in [4.78, 5) is 0. The first-order valence-corrected chi connectivity index (χ1v) is 5.64. The second-order valence-electron chi connectivity index (χ2n) is 4.22. The molecule has 2 atom stereocenters. The first kappa shape index (κ1) is 13.5. The molecule has 1 aromatic carbocycles. The second-order valence-corrected chi connectivity index (χ2v) is 4.22. The van der Waals surface area contributed by atoms with Gasteiger partial charge in [0, 0.05) is 6.42 Å². The maximum Gasteiger partial charge on any atom is 0.121 e. The van der Waals surface area contributed by atoms with E-state index in [1.54, 1.807) is 13.8 Å². The lowest BCUT2D eigenvalue weighted by Gasteiger charge is -2.17. The average Bonchev–Trinajstić information content (AvgIpc) is 2.31. The van der Waals surface area contributed by atoms with Crippen molar-refractivity contribution in [1.29, 1.82) is 0 Å². The van der Waals surface area contributed by atoms with Crippen molar-refractivity contribution in [2.24, 2.45) is 5.16 Å². The number of oxime groups is 1. The minimum Gasteiger partial charge on any atom is -0.488 e. The van der Waals surface area contributed by atoms with E-state index < -0.39 is 6.10 Å². The Morgan fingerprint density at radius 1 is 1.29 bits per heavy atom. The molecule has 0 aliphatic heterocycles. The molecule has 0 saturated carbocycles. The minimum absolute atomic E-state index is 0.235. The normalized spacial score (nSPS) is 15.4. The summed E-state index contributed by atoms with van der Waals surface area (Å²) in [5.74, 6) is 0.723. The molecule has 1 rings (SSSR count). The summed E-state index contributed by atoms with van der Waals surface area (Å²) >= 11 is 0. The summed E-state index contributed by atoms with van der Waals surface area (Å²) in [6, 6.07) is 7.52. The van der Waals surface area contributed by atoms with Crippen molar-refractivity contribution < 1.29 is 15.1 Å². The largest absolute Gasteiger partial charge is 0.488 e. The van der Waals surface area contributed by atoms with Crippen LogP contribution in [0.25, 0.3) is 0 Å². The molecule has 2 N–H and O–H groups in total. The van der Waals surface area contributed by atoms with E-state index in [2.05, 4.69) is 5.16 Å². The van der Waals surface area contributed by atoms with Gasteiger partial charge in [-0.1, -0.05) is 17.3 Å². The highest BCUT2D eigenvalue weighted by Gasteiger charge is 2.09.